The summed E-state index contributed by atoms with van der Waals surface area (Å²) >= 11 is 0. The molecule has 1 aliphatic rings. The zero-order chi connectivity index (χ0) is 14.6. The van der Waals surface area contributed by atoms with Crippen LogP contribution in [-0.4, -0.2) is 48.3 Å². The van der Waals surface area contributed by atoms with Gasteiger partial charge in [-0.1, -0.05) is 46.0 Å². The van der Waals surface area contributed by atoms with Gasteiger partial charge in [0.2, 0.25) is 5.84 Å². The lowest BCUT2D eigenvalue weighted by Crippen LogP contribution is -2.29. The maximum atomic E-state index is 5.87. The van der Waals surface area contributed by atoms with Gasteiger partial charge in [-0.25, -0.2) is 4.58 Å². The number of nitrogens with zero attached hydrogens (tertiary/aromatic N) is 2. The van der Waals surface area contributed by atoms with Crippen LogP contribution in [0.3, 0.4) is 0 Å². The lowest BCUT2D eigenvalue weighted by molar-refractivity contribution is -0.560. The Morgan fingerprint density at radius 3 is 2.45 bits per heavy atom. The Morgan fingerprint density at radius 2 is 1.75 bits per heavy atom. The van der Waals surface area contributed by atoms with E-state index in [1.807, 2.05) is 0 Å². The summed E-state index contributed by atoms with van der Waals surface area (Å²) in [5.74, 6) is 1.50. The highest BCUT2D eigenvalue weighted by Gasteiger charge is 2.27. The van der Waals surface area contributed by atoms with Gasteiger partial charge in [-0.2, -0.15) is 0 Å². The molecule has 1 rings (SSSR count). The van der Waals surface area contributed by atoms with Crippen molar-refractivity contribution in [2.24, 2.45) is 0 Å². The van der Waals surface area contributed by atoms with Crippen LogP contribution >= 0.6 is 0 Å². The Morgan fingerprint density at radius 1 is 1.00 bits per heavy atom. The van der Waals surface area contributed by atoms with E-state index in [9.17, 15) is 0 Å². The summed E-state index contributed by atoms with van der Waals surface area (Å²) in [5.41, 5.74) is 0. The van der Waals surface area contributed by atoms with E-state index in [4.69, 9.17) is 4.74 Å². The smallest absolute Gasteiger partial charge is 0.248 e. The number of amidine groups is 1. The fourth-order valence-electron chi connectivity index (χ4n) is 2.88. The van der Waals surface area contributed by atoms with Crippen molar-refractivity contribution in [1.29, 1.82) is 0 Å². The van der Waals surface area contributed by atoms with E-state index in [1.54, 1.807) is 0 Å². The number of rotatable bonds is 12. The Labute approximate surface area is 126 Å². The van der Waals surface area contributed by atoms with Crippen LogP contribution in [0.1, 0.15) is 72.1 Å². The third-order valence-corrected chi connectivity index (χ3v) is 4.11. The fraction of sp³-hybridized carbons (Fsp3) is 0.941. The van der Waals surface area contributed by atoms with Gasteiger partial charge in [0.05, 0.1) is 13.2 Å². The molecule has 0 saturated carbocycles. The lowest BCUT2D eigenvalue weighted by atomic mass is 10.1. The van der Waals surface area contributed by atoms with Crippen LogP contribution < -0.4 is 0 Å². The molecule has 0 aromatic carbocycles. The molecule has 1 aliphatic heterocycles. The van der Waals surface area contributed by atoms with Gasteiger partial charge in [0.1, 0.15) is 13.1 Å². The van der Waals surface area contributed by atoms with Crippen molar-refractivity contribution in [2.45, 2.75) is 72.1 Å². The summed E-state index contributed by atoms with van der Waals surface area (Å²) in [7, 11) is 0. The fourth-order valence-corrected chi connectivity index (χ4v) is 2.88. The number of ether oxygens (including phenoxy) is 1. The van der Waals surface area contributed by atoms with Crippen molar-refractivity contribution >= 4 is 5.84 Å². The molecular weight excluding hydrogens is 248 g/mol. The summed E-state index contributed by atoms with van der Waals surface area (Å²) in [6, 6.07) is 0. The number of likely N-dealkylation sites (N-methyl/N-ethyl adjacent to an activating group) is 1. The second-order valence-electron chi connectivity index (χ2n) is 5.81. The maximum absolute atomic E-state index is 5.87. The van der Waals surface area contributed by atoms with Gasteiger partial charge in [-0.3, -0.25) is 4.90 Å². The summed E-state index contributed by atoms with van der Waals surface area (Å²) in [4.78, 5) is 2.50. The quantitative estimate of drug-likeness (QED) is 0.399. The van der Waals surface area contributed by atoms with Crippen LogP contribution in [0, 0.1) is 0 Å². The minimum absolute atomic E-state index is 0.792. The SMILES string of the molecule is CCCCCCCCOC[N+]1=C(CCC)N(CC)CC1. The summed E-state index contributed by atoms with van der Waals surface area (Å²) < 4.78 is 8.31. The molecule has 0 bridgehead atoms. The highest BCUT2D eigenvalue weighted by Crippen LogP contribution is 2.08. The van der Waals surface area contributed by atoms with Crippen LogP contribution in [0.4, 0.5) is 0 Å². The summed E-state index contributed by atoms with van der Waals surface area (Å²) in [6.07, 6.45) is 10.4. The Hall–Kier alpha value is -0.570. The second-order valence-corrected chi connectivity index (χ2v) is 5.81. The first-order chi connectivity index (χ1) is 9.83. The van der Waals surface area contributed by atoms with E-state index in [-0.39, 0.29) is 0 Å². The highest BCUT2D eigenvalue weighted by molar-refractivity contribution is 5.78. The van der Waals surface area contributed by atoms with Crippen molar-refractivity contribution < 1.29 is 9.31 Å². The predicted molar refractivity (Wildman–Crippen MR) is 86.5 cm³/mol. The second kappa shape index (κ2) is 11.1. The van der Waals surface area contributed by atoms with E-state index in [2.05, 4.69) is 30.2 Å². The first-order valence-corrected chi connectivity index (χ1v) is 8.76. The highest BCUT2D eigenvalue weighted by atomic mass is 16.5. The van der Waals surface area contributed by atoms with Gasteiger partial charge in [0.25, 0.3) is 0 Å². The van der Waals surface area contributed by atoms with Crippen molar-refractivity contribution in [2.75, 3.05) is 33.0 Å². The van der Waals surface area contributed by atoms with Crippen molar-refractivity contribution in [1.82, 2.24) is 4.90 Å². The van der Waals surface area contributed by atoms with Crippen LogP contribution in [0.25, 0.3) is 0 Å². The zero-order valence-corrected chi connectivity index (χ0v) is 14.0. The Kier molecular flexibility index (Phi) is 9.73. The molecule has 1 heterocycles. The molecule has 118 valence electrons. The molecule has 0 aromatic rings. The van der Waals surface area contributed by atoms with E-state index in [1.165, 1.54) is 63.7 Å². The molecule has 0 atom stereocenters. The van der Waals surface area contributed by atoms with Crippen LogP contribution in [-0.2, 0) is 4.74 Å². The average Bonchev–Trinajstić information content (AvgIpc) is 2.84. The maximum Gasteiger partial charge on any atom is 0.248 e. The first-order valence-electron chi connectivity index (χ1n) is 8.76. The molecule has 0 amide bonds. The molecule has 0 aliphatic carbocycles. The molecule has 0 N–H and O–H groups in total. The third-order valence-electron chi connectivity index (χ3n) is 4.11. The van der Waals surface area contributed by atoms with Crippen LogP contribution in [0.15, 0.2) is 0 Å². The Balaban J connectivity index is 2.15. The Bertz CT molecular complexity index is 276. The molecular formula is C17H35N2O+. The molecule has 20 heavy (non-hydrogen) atoms. The predicted octanol–water partition coefficient (Wildman–Crippen LogP) is 3.87. The molecule has 3 nitrogen and oxygen atoms in total. The third kappa shape index (κ3) is 6.25. The zero-order valence-electron chi connectivity index (χ0n) is 14.0. The summed E-state index contributed by atoms with van der Waals surface area (Å²) in [5, 5.41) is 0. The largest absolute Gasteiger partial charge is 0.342 e. The normalized spacial score (nSPS) is 15.4. The summed E-state index contributed by atoms with van der Waals surface area (Å²) in [6.45, 7) is 11.9. The average molecular weight is 283 g/mol. The van der Waals surface area contributed by atoms with Gasteiger partial charge in [0.15, 0.2) is 6.73 Å². The van der Waals surface area contributed by atoms with Gasteiger partial charge in [-0.15, -0.1) is 0 Å². The van der Waals surface area contributed by atoms with Crippen molar-refractivity contribution in [3.05, 3.63) is 0 Å². The molecule has 0 unspecified atom stereocenters. The van der Waals surface area contributed by atoms with Gasteiger partial charge in [-0.05, 0) is 19.8 Å². The standard InChI is InChI=1S/C17H35N2O/c1-4-7-8-9-10-11-15-20-16-19-14-13-18(6-3)17(19)12-5-2/h4-16H2,1-3H3/q+1. The first kappa shape index (κ1) is 17.5. The van der Waals surface area contributed by atoms with Gasteiger partial charge < -0.3 is 4.74 Å². The van der Waals surface area contributed by atoms with Crippen molar-refractivity contribution in [3.8, 4) is 0 Å². The molecule has 0 fully saturated rings. The van der Waals surface area contributed by atoms with Gasteiger partial charge >= 0.3 is 0 Å². The van der Waals surface area contributed by atoms with E-state index in [0.717, 1.165) is 26.4 Å². The number of unbranched alkanes of at least 4 members (excludes halogenated alkanes) is 5. The monoisotopic (exact) mass is 283 g/mol. The minimum atomic E-state index is 0.792. The molecule has 3 heteroatoms. The molecule has 0 radical (unpaired) electrons. The van der Waals surface area contributed by atoms with Crippen molar-refractivity contribution in [3.63, 3.8) is 0 Å². The van der Waals surface area contributed by atoms with Crippen LogP contribution in [0.5, 0.6) is 0 Å². The van der Waals surface area contributed by atoms with E-state index >= 15 is 0 Å². The topological polar surface area (TPSA) is 15.5 Å². The van der Waals surface area contributed by atoms with E-state index < -0.39 is 0 Å². The molecule has 0 saturated heterocycles. The number of hydrogen-bond donors (Lipinski definition) is 0. The number of hydrogen-bond acceptors (Lipinski definition) is 2. The molecule has 0 aromatic heterocycles. The van der Waals surface area contributed by atoms with Crippen LogP contribution in [0.2, 0.25) is 0 Å². The van der Waals surface area contributed by atoms with E-state index in [0.29, 0.717) is 0 Å². The molecule has 0 spiro atoms. The van der Waals surface area contributed by atoms with Gasteiger partial charge in [0, 0.05) is 6.42 Å². The lowest BCUT2D eigenvalue weighted by Gasteiger charge is -2.10. The minimum Gasteiger partial charge on any atom is -0.342 e.